The number of carbonyl (C=O) groups is 1. The molecule has 1 N–H and O–H groups in total. The largest absolute Gasteiger partial charge is 0.481 e. The highest BCUT2D eigenvalue weighted by Crippen LogP contribution is 2.49. The van der Waals surface area contributed by atoms with E-state index in [-0.39, 0.29) is 11.3 Å². The molecule has 0 aromatic carbocycles. The van der Waals surface area contributed by atoms with E-state index in [0.717, 1.165) is 0 Å². The van der Waals surface area contributed by atoms with Crippen LogP contribution in [0.15, 0.2) is 23.8 Å². The second kappa shape index (κ2) is 4.08. The molecule has 0 amide bonds. The van der Waals surface area contributed by atoms with Gasteiger partial charge in [-0.3, -0.25) is 4.79 Å². The van der Waals surface area contributed by atoms with E-state index in [4.69, 9.17) is 0 Å². The van der Waals surface area contributed by atoms with Crippen LogP contribution in [0.25, 0.3) is 0 Å². The molecule has 1 unspecified atom stereocenters. The Hall–Kier alpha value is -1.05. The summed E-state index contributed by atoms with van der Waals surface area (Å²) in [5.41, 5.74) is 0.277. The van der Waals surface area contributed by atoms with Gasteiger partial charge >= 0.3 is 5.97 Å². The van der Waals surface area contributed by atoms with Crippen molar-refractivity contribution in [2.24, 2.45) is 16.7 Å². The highest BCUT2D eigenvalue weighted by molar-refractivity contribution is 5.76. The van der Waals surface area contributed by atoms with E-state index in [1.165, 1.54) is 5.57 Å². The average molecular weight is 222 g/mol. The summed E-state index contributed by atoms with van der Waals surface area (Å²) in [6.07, 6.45) is 6.96. The lowest BCUT2D eigenvalue weighted by Gasteiger charge is -2.44. The van der Waals surface area contributed by atoms with E-state index in [0.29, 0.717) is 6.42 Å². The van der Waals surface area contributed by atoms with Crippen LogP contribution in [0, 0.1) is 16.7 Å². The molecule has 0 bridgehead atoms. The molecule has 2 heteroatoms. The molecule has 0 heterocycles. The van der Waals surface area contributed by atoms with Gasteiger partial charge in [0.05, 0.1) is 5.41 Å². The van der Waals surface area contributed by atoms with Crippen LogP contribution in [0.3, 0.4) is 0 Å². The summed E-state index contributed by atoms with van der Waals surface area (Å²) < 4.78 is 0. The predicted molar refractivity (Wildman–Crippen MR) is 66.2 cm³/mol. The van der Waals surface area contributed by atoms with Crippen molar-refractivity contribution in [3.63, 3.8) is 0 Å². The van der Waals surface area contributed by atoms with E-state index in [9.17, 15) is 9.90 Å². The van der Waals surface area contributed by atoms with Crippen molar-refractivity contribution in [1.29, 1.82) is 0 Å². The van der Waals surface area contributed by atoms with E-state index in [2.05, 4.69) is 25.2 Å². The Balaban J connectivity index is 3.13. The van der Waals surface area contributed by atoms with Crippen LogP contribution in [0.1, 0.15) is 41.0 Å². The standard InChI is InChI=1S/C14H22O2/c1-6-10(2)11-7-8-13(3,4)14(5,9-11)12(15)16/h6-8,11H,9H2,1-5H3,(H,15,16)/b10-6+/t11?,14-/m1/s1. The molecule has 1 aliphatic carbocycles. The smallest absolute Gasteiger partial charge is 0.310 e. The van der Waals surface area contributed by atoms with E-state index in [1.54, 1.807) is 0 Å². The monoisotopic (exact) mass is 222 g/mol. The van der Waals surface area contributed by atoms with Gasteiger partial charge in [0.15, 0.2) is 0 Å². The van der Waals surface area contributed by atoms with Gasteiger partial charge in [0.25, 0.3) is 0 Å². The second-order valence-electron chi connectivity index (χ2n) is 5.56. The van der Waals surface area contributed by atoms with Crippen LogP contribution < -0.4 is 0 Å². The molecule has 0 fully saturated rings. The molecule has 90 valence electrons. The van der Waals surface area contributed by atoms with Crippen molar-refractivity contribution in [2.75, 3.05) is 0 Å². The molecule has 0 saturated carbocycles. The first-order valence-electron chi connectivity index (χ1n) is 5.80. The molecular formula is C14H22O2. The molecule has 16 heavy (non-hydrogen) atoms. The number of rotatable bonds is 2. The zero-order chi connectivity index (χ0) is 12.6. The molecule has 0 radical (unpaired) electrons. The van der Waals surface area contributed by atoms with Crippen LogP contribution in [-0.2, 0) is 4.79 Å². The maximum Gasteiger partial charge on any atom is 0.310 e. The third-order valence-electron chi connectivity index (χ3n) is 4.31. The van der Waals surface area contributed by atoms with E-state index >= 15 is 0 Å². The van der Waals surface area contributed by atoms with E-state index < -0.39 is 11.4 Å². The molecule has 0 aliphatic heterocycles. The van der Waals surface area contributed by atoms with Crippen molar-refractivity contribution in [2.45, 2.75) is 41.0 Å². The zero-order valence-corrected chi connectivity index (χ0v) is 10.9. The van der Waals surface area contributed by atoms with Crippen molar-refractivity contribution < 1.29 is 9.90 Å². The number of hydrogen-bond donors (Lipinski definition) is 1. The van der Waals surface area contributed by atoms with Crippen molar-refractivity contribution in [3.05, 3.63) is 23.8 Å². The molecule has 0 saturated heterocycles. The number of carboxylic acid groups (broad SMARTS) is 1. The van der Waals surface area contributed by atoms with Gasteiger partial charge < -0.3 is 5.11 Å². The minimum absolute atomic E-state index is 0.263. The number of aliphatic carboxylic acids is 1. The Morgan fingerprint density at radius 1 is 1.44 bits per heavy atom. The molecule has 0 aromatic rings. The average Bonchev–Trinajstić information content (AvgIpc) is 2.20. The Morgan fingerprint density at radius 2 is 2.00 bits per heavy atom. The highest BCUT2D eigenvalue weighted by Gasteiger charge is 2.49. The lowest BCUT2D eigenvalue weighted by atomic mass is 9.59. The van der Waals surface area contributed by atoms with Gasteiger partial charge in [-0.2, -0.15) is 0 Å². The summed E-state index contributed by atoms with van der Waals surface area (Å²) >= 11 is 0. The third kappa shape index (κ3) is 1.93. The number of allylic oxidation sites excluding steroid dienone is 4. The highest BCUT2D eigenvalue weighted by atomic mass is 16.4. The Labute approximate surface area is 98.1 Å². The van der Waals surface area contributed by atoms with Crippen LogP contribution in [0.2, 0.25) is 0 Å². The maximum atomic E-state index is 11.5. The summed E-state index contributed by atoms with van der Waals surface area (Å²) in [4.78, 5) is 11.5. The normalized spacial score (nSPS) is 33.8. The Bertz CT molecular complexity index is 350. The first-order chi connectivity index (χ1) is 7.24. The quantitative estimate of drug-likeness (QED) is 0.724. The molecular weight excluding hydrogens is 200 g/mol. The molecule has 1 rings (SSSR count). The first-order valence-corrected chi connectivity index (χ1v) is 5.80. The van der Waals surface area contributed by atoms with Gasteiger partial charge in [-0.1, -0.05) is 37.6 Å². The molecule has 2 nitrogen and oxygen atoms in total. The minimum Gasteiger partial charge on any atom is -0.481 e. The van der Waals surface area contributed by atoms with Crippen LogP contribution in [-0.4, -0.2) is 11.1 Å². The molecule has 0 aromatic heterocycles. The molecule has 1 aliphatic rings. The molecule has 0 spiro atoms. The van der Waals surface area contributed by atoms with Crippen LogP contribution >= 0.6 is 0 Å². The predicted octanol–water partition coefficient (Wildman–Crippen LogP) is 3.65. The Morgan fingerprint density at radius 3 is 2.44 bits per heavy atom. The van der Waals surface area contributed by atoms with Gasteiger partial charge in [0, 0.05) is 0 Å². The fourth-order valence-electron chi connectivity index (χ4n) is 2.20. The zero-order valence-electron chi connectivity index (χ0n) is 10.9. The van der Waals surface area contributed by atoms with Crippen LogP contribution in [0.5, 0.6) is 0 Å². The summed E-state index contributed by atoms with van der Waals surface area (Å²) in [6, 6.07) is 0. The Kier molecular flexibility index (Phi) is 3.32. The second-order valence-corrected chi connectivity index (χ2v) is 5.56. The van der Waals surface area contributed by atoms with Crippen molar-refractivity contribution in [3.8, 4) is 0 Å². The van der Waals surface area contributed by atoms with Gasteiger partial charge in [0.1, 0.15) is 0 Å². The fourth-order valence-corrected chi connectivity index (χ4v) is 2.20. The fraction of sp³-hybridized carbons (Fsp3) is 0.643. The van der Waals surface area contributed by atoms with E-state index in [1.807, 2.05) is 27.7 Å². The number of carboxylic acids is 1. The molecule has 2 atom stereocenters. The first kappa shape index (κ1) is 13.0. The van der Waals surface area contributed by atoms with Gasteiger partial charge in [-0.15, -0.1) is 0 Å². The van der Waals surface area contributed by atoms with Gasteiger partial charge in [-0.25, -0.2) is 0 Å². The lowest BCUT2D eigenvalue weighted by molar-refractivity contribution is -0.155. The van der Waals surface area contributed by atoms with Gasteiger partial charge in [0.2, 0.25) is 0 Å². The summed E-state index contributed by atoms with van der Waals surface area (Å²) in [7, 11) is 0. The topological polar surface area (TPSA) is 37.3 Å². The summed E-state index contributed by atoms with van der Waals surface area (Å²) in [5.74, 6) is -0.435. The lowest BCUT2D eigenvalue weighted by Crippen LogP contribution is -2.44. The minimum atomic E-state index is -0.698. The SMILES string of the molecule is C/C=C(\C)C1C=CC(C)(C)[C@@](C)(C(=O)O)C1. The maximum absolute atomic E-state index is 11.5. The van der Waals surface area contributed by atoms with Crippen molar-refractivity contribution in [1.82, 2.24) is 0 Å². The van der Waals surface area contributed by atoms with Crippen LogP contribution in [0.4, 0.5) is 0 Å². The number of hydrogen-bond acceptors (Lipinski definition) is 1. The third-order valence-corrected chi connectivity index (χ3v) is 4.31. The summed E-state index contributed by atoms with van der Waals surface area (Å²) in [6.45, 7) is 9.92. The summed E-state index contributed by atoms with van der Waals surface area (Å²) in [5, 5.41) is 9.45. The van der Waals surface area contributed by atoms with Crippen molar-refractivity contribution >= 4 is 5.97 Å². The van der Waals surface area contributed by atoms with Gasteiger partial charge in [-0.05, 0) is 38.5 Å².